The van der Waals surface area contributed by atoms with Crippen LogP contribution in [0.25, 0.3) is 90.2 Å². The third-order valence-electron chi connectivity index (χ3n) is 20.1. The van der Waals surface area contributed by atoms with Crippen molar-refractivity contribution in [3.8, 4) is 50.2 Å². The molecule has 0 amide bonds. The predicted octanol–water partition coefficient (Wildman–Crippen LogP) is 23.4. The number of nitrogens with zero attached hydrogens (tertiary/aromatic N) is 2. The molecule has 1 heterocycles. The van der Waals surface area contributed by atoms with Gasteiger partial charge in [0, 0.05) is 51.3 Å². The molecule has 448 valence electrons. The van der Waals surface area contributed by atoms with Gasteiger partial charge >= 0.3 is 0 Å². The lowest BCUT2D eigenvalue weighted by Crippen LogP contribution is -2.30. The highest BCUT2D eigenvalue weighted by Crippen LogP contribution is 2.59. The van der Waals surface area contributed by atoms with Gasteiger partial charge in [0.15, 0.2) is 0 Å². The SMILES string of the molecule is C=Cc1ccc(-c2ccc3c(c2)C=CC(OCC(CC)CCCCC2(c4ccccc4)C4=CC(N(c5ccc(-c6ccccc6)cc5)c5ccc(-c6ccc7c(c6)c6cc(-c8ccc(C=C)cc8)ccc6n7-c6ccccc6)cc5)=CCC4c4ccccc42)C3)cc1. The van der Waals surface area contributed by atoms with Crippen LogP contribution in [-0.2, 0) is 16.6 Å². The molecule has 11 aromatic carbocycles. The summed E-state index contributed by atoms with van der Waals surface area (Å²) in [4.78, 5) is 2.51. The van der Waals surface area contributed by atoms with E-state index >= 15 is 0 Å². The summed E-state index contributed by atoms with van der Waals surface area (Å²) in [6, 6.07) is 99.0. The zero-order valence-corrected chi connectivity index (χ0v) is 52.5. The molecule has 3 nitrogen and oxygen atoms in total. The van der Waals surface area contributed by atoms with Crippen LogP contribution in [0.4, 0.5) is 11.4 Å². The lowest BCUT2D eigenvalue weighted by Gasteiger charge is -2.38. The second kappa shape index (κ2) is 25.5. The molecule has 0 aliphatic heterocycles. The van der Waals surface area contributed by atoms with Crippen molar-refractivity contribution in [3.05, 3.63) is 349 Å². The van der Waals surface area contributed by atoms with Gasteiger partial charge in [-0.1, -0.05) is 270 Å². The number of unbranched alkanes of at least 4 members (excludes halogenated alkanes) is 1. The molecule has 0 spiro atoms. The number of ether oxygens (including phenoxy) is 1. The van der Waals surface area contributed by atoms with E-state index in [1.807, 2.05) is 12.2 Å². The summed E-state index contributed by atoms with van der Waals surface area (Å²) in [6.07, 6.45) is 20.9. The quantitative estimate of drug-likeness (QED) is 0.0708. The molecule has 3 heteroatoms. The van der Waals surface area contributed by atoms with Crippen LogP contribution in [0.3, 0.4) is 0 Å². The molecule has 15 rings (SSSR count). The minimum atomic E-state index is -0.290. The smallest absolute Gasteiger partial charge is 0.0799 e. The van der Waals surface area contributed by atoms with E-state index in [9.17, 15) is 0 Å². The summed E-state index contributed by atoms with van der Waals surface area (Å²) in [5.74, 6) is 0.764. The van der Waals surface area contributed by atoms with Gasteiger partial charge in [0.05, 0.1) is 23.7 Å². The van der Waals surface area contributed by atoms with E-state index in [4.69, 9.17) is 4.74 Å². The Morgan fingerprint density at radius 3 is 1.67 bits per heavy atom. The van der Waals surface area contributed by atoms with Crippen LogP contribution in [0.2, 0.25) is 0 Å². The normalized spacial score (nSPS) is 16.7. The van der Waals surface area contributed by atoms with Gasteiger partial charge in [-0.2, -0.15) is 0 Å². The Bertz CT molecular complexity index is 4740. The van der Waals surface area contributed by atoms with Gasteiger partial charge < -0.3 is 14.2 Å². The number of para-hydroxylation sites is 1. The first-order valence-corrected chi connectivity index (χ1v) is 33.1. The van der Waals surface area contributed by atoms with Crippen molar-refractivity contribution in [2.24, 2.45) is 5.92 Å². The van der Waals surface area contributed by atoms with Gasteiger partial charge in [0.2, 0.25) is 0 Å². The number of hydrogen-bond acceptors (Lipinski definition) is 2. The van der Waals surface area contributed by atoms with Crippen molar-refractivity contribution in [2.75, 3.05) is 11.5 Å². The molecule has 12 aromatic rings. The highest BCUT2D eigenvalue weighted by atomic mass is 16.5. The Morgan fingerprint density at radius 1 is 0.543 bits per heavy atom. The first kappa shape index (κ1) is 58.1. The number of aromatic nitrogens is 1. The zero-order valence-electron chi connectivity index (χ0n) is 52.5. The lowest BCUT2D eigenvalue weighted by atomic mass is 9.67. The van der Waals surface area contributed by atoms with Crippen molar-refractivity contribution < 1.29 is 4.74 Å². The molecule has 3 aliphatic rings. The first-order valence-electron chi connectivity index (χ1n) is 33.1. The minimum absolute atomic E-state index is 0.0833. The van der Waals surface area contributed by atoms with Crippen LogP contribution >= 0.6 is 0 Å². The highest BCUT2D eigenvalue weighted by molar-refractivity contribution is 6.11. The number of fused-ring (bicyclic) bond motifs is 7. The van der Waals surface area contributed by atoms with E-state index in [0.29, 0.717) is 5.92 Å². The van der Waals surface area contributed by atoms with Crippen LogP contribution < -0.4 is 4.90 Å². The maximum atomic E-state index is 6.78. The Balaban J connectivity index is 0.732. The molecular formula is C89H76N2O. The second-order valence-corrected chi connectivity index (χ2v) is 25.3. The Labute approximate surface area is 543 Å². The molecule has 0 radical (unpaired) electrons. The molecule has 3 aliphatic carbocycles. The van der Waals surface area contributed by atoms with Gasteiger partial charge in [0.25, 0.3) is 0 Å². The monoisotopic (exact) mass is 1190 g/mol. The average Bonchev–Trinajstić information content (AvgIpc) is 1.55. The summed E-state index contributed by atoms with van der Waals surface area (Å²) < 4.78 is 9.19. The van der Waals surface area contributed by atoms with Gasteiger partial charge in [-0.05, 0) is 187 Å². The lowest BCUT2D eigenvalue weighted by molar-refractivity contribution is 0.0527. The fraction of sp³-hybridized carbons (Fsp3) is 0.146. The molecule has 1 aromatic heterocycles. The van der Waals surface area contributed by atoms with Gasteiger partial charge in [-0.25, -0.2) is 0 Å². The number of rotatable bonds is 20. The van der Waals surface area contributed by atoms with Crippen LogP contribution in [0, 0.1) is 5.92 Å². The Hall–Kier alpha value is -10.3. The van der Waals surface area contributed by atoms with Crippen LogP contribution in [-0.4, -0.2) is 17.3 Å². The molecule has 0 bridgehead atoms. The molecule has 0 fully saturated rings. The first-order chi connectivity index (χ1) is 45.4. The number of anilines is 2. The Morgan fingerprint density at radius 2 is 1.07 bits per heavy atom. The molecule has 0 N–H and O–H groups in total. The fourth-order valence-corrected chi connectivity index (χ4v) is 15.1. The zero-order chi connectivity index (χ0) is 62.0. The third kappa shape index (κ3) is 11.1. The maximum absolute atomic E-state index is 6.78. The number of allylic oxidation sites excluding steroid dienone is 3. The van der Waals surface area contributed by atoms with Crippen molar-refractivity contribution >= 4 is 51.4 Å². The van der Waals surface area contributed by atoms with Gasteiger partial charge in [-0.15, -0.1) is 0 Å². The van der Waals surface area contributed by atoms with E-state index in [0.717, 1.165) is 79.7 Å². The average molecular weight is 1190 g/mol. The molecule has 0 saturated heterocycles. The second-order valence-electron chi connectivity index (χ2n) is 25.3. The Kier molecular flexibility index (Phi) is 16.1. The van der Waals surface area contributed by atoms with Crippen molar-refractivity contribution in [1.29, 1.82) is 0 Å². The molecular weight excluding hydrogens is 1110 g/mol. The summed E-state index contributed by atoms with van der Waals surface area (Å²) in [5.41, 5.74) is 27.0. The van der Waals surface area contributed by atoms with Crippen LogP contribution in [0.15, 0.2) is 310 Å². The number of hydrogen-bond donors (Lipinski definition) is 0. The maximum Gasteiger partial charge on any atom is 0.0799 e. The van der Waals surface area contributed by atoms with E-state index in [2.05, 4.69) is 321 Å². The van der Waals surface area contributed by atoms with Gasteiger partial charge in [0.1, 0.15) is 0 Å². The van der Waals surface area contributed by atoms with Gasteiger partial charge in [-0.3, -0.25) is 0 Å². The van der Waals surface area contributed by atoms with E-state index < -0.39 is 0 Å². The third-order valence-corrected chi connectivity index (χ3v) is 20.1. The topological polar surface area (TPSA) is 17.4 Å². The minimum Gasteiger partial charge on any atom is -0.374 e. The summed E-state index contributed by atoms with van der Waals surface area (Å²) in [7, 11) is 0. The van der Waals surface area contributed by atoms with Crippen LogP contribution in [0.5, 0.6) is 0 Å². The van der Waals surface area contributed by atoms with E-state index in [-0.39, 0.29) is 17.4 Å². The standard InChI is InChI=1S/C89H76N2O/c1-4-62-29-33-67(34-30-62)70-37-38-72-57-80(51-43-71(72)56-70)92-61-64(6-3)20-18-19-55-89(75-23-12-8-13-24-75)85-28-17-16-27-81(85)82-52-50-79(60-86(82)89)90(77-46-39-66(40-47-77)65-21-10-7-11-22-65)78-48-41-69(42-49-78)74-45-54-88-84(59-74)83-58-73(68-35-31-63(5-2)32-36-68)44-53-87(83)91(88)76-25-14-9-15-26-76/h4-5,7-17,21-51,53-54,56,58-60,64,80,82H,1-2,6,18-20,52,55,57,61H2,3H3. The van der Waals surface area contributed by atoms with Crippen molar-refractivity contribution in [2.45, 2.75) is 69.3 Å². The fourth-order valence-electron chi connectivity index (χ4n) is 15.1. The molecule has 0 saturated carbocycles. The van der Waals surface area contributed by atoms with Crippen molar-refractivity contribution in [1.82, 2.24) is 4.57 Å². The molecule has 4 unspecified atom stereocenters. The molecule has 4 atom stereocenters. The largest absolute Gasteiger partial charge is 0.374 e. The number of benzene rings is 11. The van der Waals surface area contributed by atoms with E-state index in [1.165, 1.54) is 105 Å². The summed E-state index contributed by atoms with van der Waals surface area (Å²) >= 11 is 0. The van der Waals surface area contributed by atoms with E-state index in [1.54, 1.807) is 0 Å². The van der Waals surface area contributed by atoms with Crippen molar-refractivity contribution in [3.63, 3.8) is 0 Å². The summed E-state index contributed by atoms with van der Waals surface area (Å²) in [6.45, 7) is 11.0. The molecule has 92 heavy (non-hydrogen) atoms. The highest BCUT2D eigenvalue weighted by Gasteiger charge is 2.49. The summed E-state index contributed by atoms with van der Waals surface area (Å²) in [5, 5.41) is 2.45. The van der Waals surface area contributed by atoms with Crippen LogP contribution in [0.1, 0.15) is 90.3 Å². The predicted molar refractivity (Wildman–Crippen MR) is 390 cm³/mol.